The van der Waals surface area contributed by atoms with E-state index in [1.165, 1.54) is 10.6 Å². The molecule has 0 atom stereocenters. The first-order chi connectivity index (χ1) is 11.8. The molecular formula is C20H17OPS2. The van der Waals surface area contributed by atoms with Crippen molar-refractivity contribution < 1.29 is 4.74 Å². The van der Waals surface area contributed by atoms with Crippen LogP contribution in [0.5, 0.6) is 5.75 Å². The van der Waals surface area contributed by atoms with Crippen LogP contribution in [-0.2, 0) is 0 Å². The van der Waals surface area contributed by atoms with Crippen molar-refractivity contribution in [3.05, 3.63) is 90.5 Å². The average Bonchev–Trinajstić information content (AvgIpc) is 2.67. The molecule has 24 heavy (non-hydrogen) atoms. The highest BCUT2D eigenvalue weighted by Gasteiger charge is 2.19. The number of thiocarbonyl (C=S) groups is 1. The second-order valence-corrected chi connectivity index (χ2v) is 9.57. The van der Waals surface area contributed by atoms with Gasteiger partial charge in [0.05, 0.1) is 11.3 Å². The van der Waals surface area contributed by atoms with E-state index < -0.39 is 7.12 Å². The van der Waals surface area contributed by atoms with E-state index >= 15 is 0 Å². The van der Waals surface area contributed by atoms with Crippen LogP contribution in [0.15, 0.2) is 84.9 Å². The van der Waals surface area contributed by atoms with Crippen LogP contribution in [0.4, 0.5) is 0 Å². The van der Waals surface area contributed by atoms with Crippen LogP contribution in [0, 0.1) is 0 Å². The van der Waals surface area contributed by atoms with Gasteiger partial charge < -0.3 is 4.74 Å². The van der Waals surface area contributed by atoms with Gasteiger partial charge in [0.1, 0.15) is 5.75 Å². The number of ether oxygens (including phenoxy) is 1. The van der Waals surface area contributed by atoms with Crippen LogP contribution >= 0.6 is 30.7 Å². The van der Waals surface area contributed by atoms with Gasteiger partial charge in [-0.1, -0.05) is 96.4 Å². The topological polar surface area (TPSA) is 9.23 Å². The quantitative estimate of drug-likeness (QED) is 0.455. The molecule has 0 N–H and O–H groups in total. The van der Waals surface area contributed by atoms with Crippen LogP contribution in [0.1, 0.15) is 5.56 Å². The third-order valence-electron chi connectivity index (χ3n) is 3.48. The fraction of sp³-hybridized carbons (Fsp3) is 0.0500. The standard InChI is InChI=1S/C20H17OPS2/c1-21-19-15-9-8-14-18(19)20(23)24-22(16-10-4-2-5-11-16)17-12-6-3-7-13-17/h2-15H,1H3. The summed E-state index contributed by atoms with van der Waals surface area (Å²) in [6, 6.07) is 29.1. The molecule has 0 amide bonds. The van der Waals surface area contributed by atoms with Gasteiger partial charge >= 0.3 is 0 Å². The van der Waals surface area contributed by atoms with Gasteiger partial charge in [0.25, 0.3) is 0 Å². The summed E-state index contributed by atoms with van der Waals surface area (Å²) < 4.78 is 6.33. The summed E-state index contributed by atoms with van der Waals surface area (Å²) in [5.41, 5.74) is 0.986. The van der Waals surface area contributed by atoms with Crippen molar-refractivity contribution in [2.24, 2.45) is 0 Å². The van der Waals surface area contributed by atoms with Crippen molar-refractivity contribution in [1.82, 2.24) is 0 Å². The predicted octanol–water partition coefficient (Wildman–Crippen LogP) is 5.15. The van der Waals surface area contributed by atoms with E-state index in [4.69, 9.17) is 17.0 Å². The fourth-order valence-electron chi connectivity index (χ4n) is 2.33. The van der Waals surface area contributed by atoms with Crippen molar-refractivity contribution in [1.29, 1.82) is 0 Å². The second kappa shape index (κ2) is 8.43. The van der Waals surface area contributed by atoms with Crippen LogP contribution in [0.25, 0.3) is 0 Å². The van der Waals surface area contributed by atoms with E-state index in [0.29, 0.717) is 0 Å². The zero-order valence-corrected chi connectivity index (χ0v) is 15.8. The van der Waals surface area contributed by atoms with Crippen molar-refractivity contribution in [2.75, 3.05) is 7.11 Å². The zero-order valence-electron chi connectivity index (χ0n) is 13.3. The molecule has 0 saturated carbocycles. The van der Waals surface area contributed by atoms with Crippen LogP contribution < -0.4 is 15.3 Å². The van der Waals surface area contributed by atoms with Crippen LogP contribution in [-0.4, -0.2) is 11.3 Å². The minimum Gasteiger partial charge on any atom is -0.496 e. The third kappa shape index (κ3) is 4.05. The highest BCUT2D eigenvalue weighted by molar-refractivity contribution is 8.69. The number of benzene rings is 3. The first kappa shape index (κ1) is 17.2. The summed E-state index contributed by atoms with van der Waals surface area (Å²) >= 11 is 7.50. The second-order valence-electron chi connectivity index (χ2n) is 5.04. The van der Waals surface area contributed by atoms with Crippen molar-refractivity contribution in [3.8, 4) is 5.75 Å². The molecule has 3 rings (SSSR count). The summed E-state index contributed by atoms with van der Waals surface area (Å²) in [7, 11) is 1.07. The molecule has 0 aliphatic carbocycles. The van der Waals surface area contributed by atoms with E-state index in [9.17, 15) is 0 Å². The lowest BCUT2D eigenvalue weighted by atomic mass is 10.2. The molecule has 3 aromatic rings. The Hall–Kier alpha value is -1.67. The van der Waals surface area contributed by atoms with Gasteiger partial charge in [0.2, 0.25) is 0 Å². The van der Waals surface area contributed by atoms with E-state index in [1.807, 2.05) is 36.4 Å². The number of para-hydroxylation sites is 1. The highest BCUT2D eigenvalue weighted by Crippen LogP contribution is 2.50. The SMILES string of the molecule is COc1ccccc1C(=S)SP(c1ccccc1)c1ccccc1. The Morgan fingerprint density at radius 2 is 1.29 bits per heavy atom. The van der Waals surface area contributed by atoms with Gasteiger partial charge in [0, 0.05) is 12.7 Å². The molecule has 0 aliphatic rings. The van der Waals surface area contributed by atoms with Gasteiger partial charge in [-0.05, 0) is 22.7 Å². The van der Waals surface area contributed by atoms with Gasteiger partial charge in [-0.2, -0.15) is 0 Å². The van der Waals surface area contributed by atoms with E-state index in [0.717, 1.165) is 15.5 Å². The van der Waals surface area contributed by atoms with E-state index in [-0.39, 0.29) is 0 Å². The summed E-state index contributed by atoms with van der Waals surface area (Å²) in [5.74, 6) is 0.825. The average molecular weight is 368 g/mol. The monoisotopic (exact) mass is 368 g/mol. The van der Waals surface area contributed by atoms with Gasteiger partial charge in [-0.3, -0.25) is 0 Å². The maximum absolute atomic E-state index is 5.75. The molecule has 0 unspecified atom stereocenters. The minimum absolute atomic E-state index is 0.611. The summed E-state index contributed by atoms with van der Waals surface area (Å²) in [6.45, 7) is 0. The van der Waals surface area contributed by atoms with E-state index in [1.54, 1.807) is 18.5 Å². The number of methoxy groups -OCH3 is 1. The predicted molar refractivity (Wildman–Crippen MR) is 111 cm³/mol. The summed E-state index contributed by atoms with van der Waals surface area (Å²) in [5, 5.41) is 2.61. The molecule has 3 aromatic carbocycles. The molecule has 0 heterocycles. The van der Waals surface area contributed by atoms with Gasteiger partial charge in [-0.15, -0.1) is 0 Å². The maximum atomic E-state index is 5.75. The minimum atomic E-state index is -0.611. The van der Waals surface area contributed by atoms with Crippen molar-refractivity contribution in [2.45, 2.75) is 0 Å². The first-order valence-corrected chi connectivity index (χ1v) is 10.7. The lowest BCUT2D eigenvalue weighted by Crippen LogP contribution is -2.10. The Morgan fingerprint density at radius 3 is 1.83 bits per heavy atom. The normalized spacial score (nSPS) is 10.6. The van der Waals surface area contributed by atoms with Gasteiger partial charge in [0.15, 0.2) is 0 Å². The number of hydrogen-bond acceptors (Lipinski definition) is 3. The first-order valence-electron chi connectivity index (χ1n) is 7.55. The Labute approximate surface area is 153 Å². The molecular weight excluding hydrogens is 351 g/mol. The molecule has 120 valence electrons. The molecule has 1 nitrogen and oxygen atoms in total. The Balaban J connectivity index is 1.94. The Bertz CT molecular complexity index is 767. The maximum Gasteiger partial charge on any atom is 0.128 e. The molecule has 0 fully saturated rings. The molecule has 0 aliphatic heterocycles. The lowest BCUT2D eigenvalue weighted by Gasteiger charge is -2.19. The highest BCUT2D eigenvalue weighted by atomic mass is 32.7. The smallest absolute Gasteiger partial charge is 0.128 e. The Kier molecular flexibility index (Phi) is 6.03. The van der Waals surface area contributed by atoms with Crippen LogP contribution in [0.3, 0.4) is 0 Å². The molecule has 4 heteroatoms. The lowest BCUT2D eigenvalue weighted by molar-refractivity contribution is 0.414. The fourth-order valence-corrected chi connectivity index (χ4v) is 7.15. The molecule has 0 radical (unpaired) electrons. The van der Waals surface area contributed by atoms with Crippen LogP contribution in [0.2, 0.25) is 0 Å². The summed E-state index contributed by atoms with van der Waals surface area (Å²) in [4.78, 5) is 0. The van der Waals surface area contributed by atoms with Crippen molar-refractivity contribution >= 4 is 45.5 Å². The summed E-state index contributed by atoms with van der Waals surface area (Å²) in [6.07, 6.45) is 0. The van der Waals surface area contributed by atoms with E-state index in [2.05, 4.69) is 48.5 Å². The molecule has 0 spiro atoms. The Morgan fingerprint density at radius 1 is 0.792 bits per heavy atom. The van der Waals surface area contributed by atoms with Gasteiger partial charge in [-0.25, -0.2) is 0 Å². The molecule has 0 bridgehead atoms. The number of rotatable bonds is 5. The largest absolute Gasteiger partial charge is 0.496 e. The van der Waals surface area contributed by atoms with Crippen molar-refractivity contribution in [3.63, 3.8) is 0 Å². The molecule has 0 aromatic heterocycles. The zero-order chi connectivity index (χ0) is 16.8. The molecule has 0 saturated heterocycles. The number of hydrogen-bond donors (Lipinski definition) is 0. The third-order valence-corrected chi connectivity index (χ3v) is 8.79.